The molecule has 0 fully saturated rings. The summed E-state index contributed by atoms with van der Waals surface area (Å²) in [6.07, 6.45) is 1.55. The maximum atomic E-state index is 13.5. The molecule has 0 saturated heterocycles. The van der Waals surface area contributed by atoms with Crippen molar-refractivity contribution in [3.05, 3.63) is 41.2 Å². The monoisotopic (exact) mass is 238 g/mol. The third kappa shape index (κ3) is 2.01. The van der Waals surface area contributed by atoms with E-state index in [-0.39, 0.29) is 11.3 Å². The molecule has 1 aromatic carbocycles. The second-order valence-electron chi connectivity index (χ2n) is 2.93. The fourth-order valence-electron chi connectivity index (χ4n) is 1.22. The van der Waals surface area contributed by atoms with Gasteiger partial charge in [0, 0.05) is 11.6 Å². The number of hydrogen-bond acceptors (Lipinski definition) is 4. The first-order valence-corrected chi connectivity index (χ1v) is 5.25. The van der Waals surface area contributed by atoms with Gasteiger partial charge in [0.2, 0.25) is 0 Å². The number of nitrogens with one attached hydrogen (secondary N) is 1. The zero-order chi connectivity index (χ0) is 11.5. The van der Waals surface area contributed by atoms with Crippen molar-refractivity contribution in [3.8, 4) is 0 Å². The number of carbonyl (C=O) groups is 1. The zero-order valence-corrected chi connectivity index (χ0v) is 8.79. The molecule has 82 valence electrons. The minimum atomic E-state index is -1.18. The van der Waals surface area contributed by atoms with Crippen LogP contribution in [0.3, 0.4) is 0 Å². The lowest BCUT2D eigenvalue weighted by Gasteiger charge is -2.07. The van der Waals surface area contributed by atoms with Gasteiger partial charge >= 0.3 is 5.97 Å². The van der Waals surface area contributed by atoms with Crippen molar-refractivity contribution in [1.29, 1.82) is 0 Å². The number of hydrogen-bond donors (Lipinski definition) is 2. The SMILES string of the molecule is O=C(O)c1cccc(F)c1Nc1nccs1. The maximum absolute atomic E-state index is 13.5. The summed E-state index contributed by atoms with van der Waals surface area (Å²) in [5, 5.41) is 13.7. The summed E-state index contributed by atoms with van der Waals surface area (Å²) in [5.41, 5.74) is -0.180. The topological polar surface area (TPSA) is 62.2 Å². The normalized spacial score (nSPS) is 10.1. The van der Waals surface area contributed by atoms with Crippen molar-refractivity contribution in [1.82, 2.24) is 4.98 Å². The highest BCUT2D eigenvalue weighted by molar-refractivity contribution is 7.13. The Kier molecular flexibility index (Phi) is 2.82. The highest BCUT2D eigenvalue weighted by atomic mass is 32.1. The predicted octanol–water partition coefficient (Wildman–Crippen LogP) is 2.72. The Morgan fingerprint density at radius 1 is 1.50 bits per heavy atom. The lowest BCUT2D eigenvalue weighted by molar-refractivity contribution is 0.0697. The third-order valence-corrected chi connectivity index (χ3v) is 2.60. The molecule has 0 aliphatic carbocycles. The van der Waals surface area contributed by atoms with E-state index in [0.29, 0.717) is 5.13 Å². The zero-order valence-electron chi connectivity index (χ0n) is 7.98. The smallest absolute Gasteiger partial charge is 0.337 e. The first-order valence-electron chi connectivity index (χ1n) is 4.37. The van der Waals surface area contributed by atoms with Gasteiger partial charge in [0.25, 0.3) is 0 Å². The van der Waals surface area contributed by atoms with Crippen LogP contribution < -0.4 is 5.32 Å². The van der Waals surface area contributed by atoms with Crippen LogP contribution in [0.2, 0.25) is 0 Å². The molecular weight excluding hydrogens is 231 g/mol. The van der Waals surface area contributed by atoms with Gasteiger partial charge in [-0.3, -0.25) is 0 Å². The number of aromatic nitrogens is 1. The molecule has 1 heterocycles. The van der Waals surface area contributed by atoms with E-state index in [1.165, 1.54) is 29.5 Å². The van der Waals surface area contributed by atoms with Crippen LogP contribution in [0.1, 0.15) is 10.4 Å². The molecule has 2 aromatic rings. The van der Waals surface area contributed by atoms with Crippen molar-refractivity contribution in [3.63, 3.8) is 0 Å². The number of anilines is 2. The highest BCUT2D eigenvalue weighted by Crippen LogP contribution is 2.25. The van der Waals surface area contributed by atoms with Gasteiger partial charge < -0.3 is 10.4 Å². The fraction of sp³-hybridized carbons (Fsp3) is 0. The number of halogens is 1. The van der Waals surface area contributed by atoms with Gasteiger partial charge in [-0.15, -0.1) is 11.3 Å². The molecule has 0 bridgehead atoms. The molecule has 0 aliphatic rings. The van der Waals surface area contributed by atoms with Gasteiger partial charge in [0.15, 0.2) is 5.13 Å². The van der Waals surface area contributed by atoms with Crippen molar-refractivity contribution >= 4 is 28.1 Å². The Balaban J connectivity index is 2.42. The Labute approximate surface area is 94.4 Å². The van der Waals surface area contributed by atoms with Crippen molar-refractivity contribution in [2.45, 2.75) is 0 Å². The standard InChI is InChI=1S/C10H7FN2O2S/c11-7-3-1-2-6(9(14)15)8(7)13-10-12-4-5-16-10/h1-5H,(H,12,13)(H,14,15). The van der Waals surface area contributed by atoms with Crippen LogP contribution >= 0.6 is 11.3 Å². The van der Waals surface area contributed by atoms with E-state index < -0.39 is 11.8 Å². The summed E-state index contributed by atoms with van der Waals surface area (Å²) < 4.78 is 13.5. The first kappa shape index (κ1) is 10.6. The number of aromatic carboxylic acids is 1. The average Bonchev–Trinajstić information content (AvgIpc) is 2.73. The Hall–Kier alpha value is -1.95. The molecule has 0 atom stereocenters. The Bertz CT molecular complexity index is 514. The highest BCUT2D eigenvalue weighted by Gasteiger charge is 2.14. The van der Waals surface area contributed by atoms with E-state index in [1.54, 1.807) is 11.6 Å². The predicted molar refractivity (Wildman–Crippen MR) is 58.8 cm³/mol. The number of benzene rings is 1. The van der Waals surface area contributed by atoms with E-state index in [4.69, 9.17) is 5.11 Å². The molecule has 2 N–H and O–H groups in total. The van der Waals surface area contributed by atoms with Gasteiger partial charge in [0.05, 0.1) is 11.3 Å². The molecule has 4 nitrogen and oxygen atoms in total. The molecule has 0 amide bonds. The molecular formula is C10H7FN2O2S. The fourth-order valence-corrected chi connectivity index (χ4v) is 1.75. The van der Waals surface area contributed by atoms with Crippen LogP contribution in [0.15, 0.2) is 29.8 Å². The second kappa shape index (κ2) is 4.28. The number of carboxylic acids is 1. The molecule has 6 heteroatoms. The van der Waals surface area contributed by atoms with E-state index in [2.05, 4.69) is 10.3 Å². The van der Waals surface area contributed by atoms with Crippen molar-refractivity contribution in [2.75, 3.05) is 5.32 Å². The van der Waals surface area contributed by atoms with Crippen LogP contribution in [-0.2, 0) is 0 Å². The first-order chi connectivity index (χ1) is 7.68. The summed E-state index contributed by atoms with van der Waals surface area (Å²) >= 11 is 1.27. The molecule has 0 aliphatic heterocycles. The van der Waals surface area contributed by atoms with Crippen LogP contribution in [0.5, 0.6) is 0 Å². The minimum absolute atomic E-state index is 0.0649. The number of thiazole rings is 1. The lowest BCUT2D eigenvalue weighted by atomic mass is 10.1. The second-order valence-corrected chi connectivity index (χ2v) is 3.82. The van der Waals surface area contributed by atoms with Crippen molar-refractivity contribution < 1.29 is 14.3 Å². The number of carboxylic acid groups (broad SMARTS) is 1. The molecule has 2 rings (SSSR count). The van der Waals surface area contributed by atoms with Crippen molar-refractivity contribution in [2.24, 2.45) is 0 Å². The average molecular weight is 238 g/mol. The molecule has 1 aromatic heterocycles. The Morgan fingerprint density at radius 3 is 2.94 bits per heavy atom. The van der Waals surface area contributed by atoms with E-state index in [1.807, 2.05) is 0 Å². The Morgan fingerprint density at radius 2 is 2.31 bits per heavy atom. The number of para-hydroxylation sites is 1. The number of rotatable bonds is 3. The summed E-state index contributed by atoms with van der Waals surface area (Å²) in [5.74, 6) is -1.80. The molecule has 0 radical (unpaired) electrons. The number of nitrogens with zero attached hydrogens (tertiary/aromatic N) is 1. The molecule has 16 heavy (non-hydrogen) atoms. The van der Waals surface area contributed by atoms with Gasteiger partial charge in [0.1, 0.15) is 5.82 Å². The summed E-state index contributed by atoms with van der Waals surface area (Å²) in [4.78, 5) is 14.8. The van der Waals surface area contributed by atoms with Gasteiger partial charge in [-0.1, -0.05) is 6.07 Å². The lowest BCUT2D eigenvalue weighted by Crippen LogP contribution is -2.04. The van der Waals surface area contributed by atoms with Crippen LogP contribution in [0.25, 0.3) is 0 Å². The summed E-state index contributed by atoms with van der Waals surface area (Å²) in [6.45, 7) is 0. The minimum Gasteiger partial charge on any atom is -0.478 e. The van der Waals surface area contributed by atoms with Gasteiger partial charge in [-0.05, 0) is 12.1 Å². The summed E-state index contributed by atoms with van der Waals surface area (Å²) in [7, 11) is 0. The van der Waals surface area contributed by atoms with E-state index in [9.17, 15) is 9.18 Å². The molecule has 0 spiro atoms. The quantitative estimate of drug-likeness (QED) is 0.863. The van der Waals surface area contributed by atoms with Crippen LogP contribution in [0, 0.1) is 5.82 Å². The van der Waals surface area contributed by atoms with Gasteiger partial charge in [-0.2, -0.15) is 0 Å². The van der Waals surface area contributed by atoms with Crippen LogP contribution in [-0.4, -0.2) is 16.1 Å². The largest absolute Gasteiger partial charge is 0.478 e. The summed E-state index contributed by atoms with van der Waals surface area (Å²) in [6, 6.07) is 3.88. The third-order valence-electron chi connectivity index (χ3n) is 1.91. The van der Waals surface area contributed by atoms with E-state index >= 15 is 0 Å². The maximum Gasteiger partial charge on any atom is 0.337 e. The molecule has 0 saturated carbocycles. The van der Waals surface area contributed by atoms with Crippen LogP contribution in [0.4, 0.5) is 15.2 Å². The molecule has 0 unspecified atom stereocenters. The van der Waals surface area contributed by atoms with Gasteiger partial charge in [-0.25, -0.2) is 14.2 Å². The van der Waals surface area contributed by atoms with E-state index in [0.717, 1.165) is 0 Å².